The Morgan fingerprint density at radius 3 is 2.39 bits per heavy atom. The summed E-state index contributed by atoms with van der Waals surface area (Å²) in [5.74, 6) is -0.214. The van der Waals surface area contributed by atoms with Crippen LogP contribution in [0.25, 0.3) is 22.2 Å². The second-order valence-electron chi connectivity index (χ2n) is 10.2. The van der Waals surface area contributed by atoms with Crippen molar-refractivity contribution in [2.45, 2.75) is 59.8 Å². The number of aryl methyl sites for hydroxylation is 3. The molecule has 8 heteroatoms. The summed E-state index contributed by atoms with van der Waals surface area (Å²) in [4.78, 5) is 18.3. The van der Waals surface area contributed by atoms with Crippen molar-refractivity contribution >= 4 is 28.5 Å². The van der Waals surface area contributed by atoms with Gasteiger partial charge in [-0.3, -0.25) is 9.48 Å². The lowest BCUT2D eigenvalue weighted by Gasteiger charge is -2.29. The summed E-state index contributed by atoms with van der Waals surface area (Å²) in [5.41, 5.74) is 7.04. The molecule has 0 aliphatic rings. The average molecular weight is 508 g/mol. The van der Waals surface area contributed by atoms with Gasteiger partial charge in [-0.25, -0.2) is 4.98 Å². The van der Waals surface area contributed by atoms with Gasteiger partial charge in [-0.1, -0.05) is 23.7 Å². The van der Waals surface area contributed by atoms with Gasteiger partial charge in [0.25, 0.3) is 5.91 Å². The second kappa shape index (κ2) is 9.71. The first-order valence-electron chi connectivity index (χ1n) is 12.0. The highest BCUT2D eigenvalue weighted by Crippen LogP contribution is 2.42. The van der Waals surface area contributed by atoms with Crippen LogP contribution in [-0.2, 0) is 23.1 Å². The zero-order valence-electron chi connectivity index (χ0n) is 22.2. The number of aromatic nitrogens is 4. The first-order valence-corrected chi connectivity index (χ1v) is 12.4. The molecule has 0 bridgehead atoms. The Morgan fingerprint density at radius 1 is 1.17 bits per heavy atom. The summed E-state index contributed by atoms with van der Waals surface area (Å²) >= 11 is 6.25. The first-order chi connectivity index (χ1) is 16.9. The van der Waals surface area contributed by atoms with E-state index < -0.39 is 11.7 Å². The van der Waals surface area contributed by atoms with Crippen LogP contribution in [-0.4, -0.2) is 37.9 Å². The van der Waals surface area contributed by atoms with Crippen molar-refractivity contribution in [1.82, 2.24) is 24.6 Å². The van der Waals surface area contributed by atoms with Crippen LogP contribution in [0.5, 0.6) is 0 Å². The number of halogens is 1. The van der Waals surface area contributed by atoms with Crippen molar-refractivity contribution in [1.29, 1.82) is 0 Å². The molecular weight excluding hydrogens is 474 g/mol. The van der Waals surface area contributed by atoms with Gasteiger partial charge < -0.3 is 14.6 Å². The van der Waals surface area contributed by atoms with Gasteiger partial charge >= 0.3 is 0 Å². The maximum Gasteiger partial charge on any atom is 0.253 e. The van der Waals surface area contributed by atoms with E-state index in [-0.39, 0.29) is 5.91 Å². The number of amides is 1. The Labute approximate surface area is 217 Å². The van der Waals surface area contributed by atoms with E-state index in [4.69, 9.17) is 21.3 Å². The van der Waals surface area contributed by atoms with Crippen molar-refractivity contribution in [3.63, 3.8) is 0 Å². The van der Waals surface area contributed by atoms with Crippen LogP contribution in [0.2, 0.25) is 5.02 Å². The maximum absolute atomic E-state index is 13.2. The molecule has 0 unspecified atom stereocenters. The first kappa shape index (κ1) is 25.9. The predicted octanol–water partition coefficient (Wildman–Crippen LogP) is 5.67. The minimum atomic E-state index is -0.834. The SMILES string of the molecule is CNC(=O)[C@@H](OC(C)(C)C)c1c(C)nc2c(c(C)c(C)n2Cc2cnn(C)c2)c1-c1ccc(Cl)cc1. The topological polar surface area (TPSA) is 74.0 Å². The molecule has 0 radical (unpaired) electrons. The summed E-state index contributed by atoms with van der Waals surface area (Å²) in [6.45, 7) is 12.7. The fourth-order valence-corrected chi connectivity index (χ4v) is 4.82. The Hall–Kier alpha value is -3.16. The number of nitrogens with one attached hydrogen (secondary N) is 1. The van der Waals surface area contributed by atoms with Crippen LogP contribution < -0.4 is 5.32 Å². The second-order valence-corrected chi connectivity index (χ2v) is 10.7. The number of carbonyl (C=O) groups is 1. The number of fused-ring (bicyclic) bond motifs is 1. The van der Waals surface area contributed by atoms with Gasteiger partial charge in [0.15, 0.2) is 6.10 Å². The summed E-state index contributed by atoms with van der Waals surface area (Å²) < 4.78 is 10.4. The zero-order chi connectivity index (χ0) is 26.4. The van der Waals surface area contributed by atoms with Crippen LogP contribution in [0.1, 0.15) is 55.0 Å². The van der Waals surface area contributed by atoms with Gasteiger partial charge in [0.2, 0.25) is 0 Å². The summed E-state index contributed by atoms with van der Waals surface area (Å²) in [6, 6.07) is 7.73. The highest BCUT2D eigenvalue weighted by Gasteiger charge is 2.33. The van der Waals surface area contributed by atoms with Crippen molar-refractivity contribution in [3.8, 4) is 11.1 Å². The highest BCUT2D eigenvalue weighted by atomic mass is 35.5. The molecule has 1 atom stereocenters. The number of hydrogen-bond donors (Lipinski definition) is 1. The number of ether oxygens (including phenoxy) is 1. The largest absolute Gasteiger partial charge is 0.358 e. The van der Waals surface area contributed by atoms with E-state index >= 15 is 0 Å². The molecule has 0 saturated heterocycles. The molecule has 0 aliphatic heterocycles. The number of nitrogens with zero attached hydrogens (tertiary/aromatic N) is 4. The lowest BCUT2D eigenvalue weighted by Crippen LogP contribution is -2.34. The van der Waals surface area contributed by atoms with Crippen molar-refractivity contribution in [2.24, 2.45) is 7.05 Å². The van der Waals surface area contributed by atoms with Crippen LogP contribution in [0, 0.1) is 20.8 Å². The molecule has 4 aromatic rings. The van der Waals surface area contributed by atoms with Gasteiger partial charge in [-0.2, -0.15) is 5.10 Å². The van der Waals surface area contributed by atoms with Gasteiger partial charge in [-0.15, -0.1) is 0 Å². The Morgan fingerprint density at radius 2 is 1.83 bits per heavy atom. The fraction of sp³-hybridized carbons (Fsp3) is 0.393. The van der Waals surface area contributed by atoms with Crippen molar-refractivity contribution in [3.05, 3.63) is 69.8 Å². The lowest BCUT2D eigenvalue weighted by atomic mass is 9.90. The molecule has 7 nitrogen and oxygen atoms in total. The number of hydrogen-bond acceptors (Lipinski definition) is 4. The Kier molecular flexibility index (Phi) is 6.99. The number of carbonyl (C=O) groups excluding carboxylic acids is 1. The third kappa shape index (κ3) is 4.90. The molecule has 1 amide bonds. The standard InChI is InChI=1S/C28H34ClN5O2/c1-16-18(3)34(15-19-13-31-33(8)14-19)26-22(16)24(20-9-11-21(29)12-10-20)23(17(2)32-26)25(27(35)30-7)36-28(4,5)6/h9-14,25H,15H2,1-8H3,(H,30,35)/t25-/m0/s1. The molecular formula is C28H34ClN5O2. The van der Waals surface area contributed by atoms with Crippen LogP contribution >= 0.6 is 11.6 Å². The van der Waals surface area contributed by atoms with E-state index in [1.54, 1.807) is 11.7 Å². The molecule has 3 aromatic heterocycles. The summed E-state index contributed by atoms with van der Waals surface area (Å²) in [7, 11) is 3.54. The molecule has 4 rings (SSSR count). The monoisotopic (exact) mass is 507 g/mol. The van der Waals surface area contributed by atoms with Gasteiger partial charge in [0.05, 0.1) is 18.3 Å². The molecule has 0 saturated carbocycles. The van der Waals surface area contributed by atoms with Crippen molar-refractivity contribution in [2.75, 3.05) is 7.05 Å². The number of likely N-dealkylation sites (N-methyl/N-ethyl adjacent to an activating group) is 1. The minimum absolute atomic E-state index is 0.214. The fourth-order valence-electron chi connectivity index (χ4n) is 4.69. The Balaban J connectivity index is 2.08. The number of rotatable bonds is 6. The summed E-state index contributed by atoms with van der Waals surface area (Å²) in [5, 5.41) is 8.77. The van der Waals surface area contributed by atoms with Crippen LogP contribution in [0.15, 0.2) is 36.7 Å². The van der Waals surface area contributed by atoms with Gasteiger partial charge in [-0.05, 0) is 64.8 Å². The number of pyridine rings is 1. The molecule has 0 aliphatic carbocycles. The van der Waals surface area contributed by atoms with E-state index in [1.807, 2.05) is 71.4 Å². The van der Waals surface area contributed by atoms with E-state index in [9.17, 15) is 4.79 Å². The van der Waals surface area contributed by atoms with Gasteiger partial charge in [0, 0.05) is 58.8 Å². The average Bonchev–Trinajstić information content (AvgIpc) is 3.32. The maximum atomic E-state index is 13.2. The van der Waals surface area contributed by atoms with E-state index in [0.29, 0.717) is 11.6 Å². The molecule has 1 aromatic carbocycles. The minimum Gasteiger partial charge on any atom is -0.358 e. The van der Waals surface area contributed by atoms with Crippen LogP contribution in [0.3, 0.4) is 0 Å². The molecule has 0 fully saturated rings. The molecule has 36 heavy (non-hydrogen) atoms. The molecule has 1 N–H and O–H groups in total. The zero-order valence-corrected chi connectivity index (χ0v) is 23.0. The normalized spacial score (nSPS) is 12.8. The third-order valence-electron chi connectivity index (χ3n) is 6.43. The smallest absolute Gasteiger partial charge is 0.253 e. The highest BCUT2D eigenvalue weighted by molar-refractivity contribution is 6.30. The molecule has 0 spiro atoms. The lowest BCUT2D eigenvalue weighted by molar-refractivity contribution is -0.142. The van der Waals surface area contributed by atoms with Gasteiger partial charge in [0.1, 0.15) is 5.65 Å². The third-order valence-corrected chi connectivity index (χ3v) is 6.69. The Bertz CT molecular complexity index is 1430. The molecule has 3 heterocycles. The molecule has 190 valence electrons. The van der Waals surface area contributed by atoms with E-state index in [2.05, 4.69) is 28.8 Å². The quantitative estimate of drug-likeness (QED) is 0.365. The van der Waals surface area contributed by atoms with Crippen molar-refractivity contribution < 1.29 is 9.53 Å². The van der Waals surface area contributed by atoms with E-state index in [1.165, 1.54) is 0 Å². The summed E-state index contributed by atoms with van der Waals surface area (Å²) in [6.07, 6.45) is 3.06. The van der Waals surface area contributed by atoms with E-state index in [0.717, 1.165) is 50.2 Å². The van der Waals surface area contributed by atoms with Crippen LogP contribution in [0.4, 0.5) is 0 Å². The number of benzene rings is 1. The predicted molar refractivity (Wildman–Crippen MR) is 144 cm³/mol.